The SMILES string of the molecule is SCc1n[c]ccn1. The molecular weight excluding hydrogens is 120 g/mol. The second-order valence-corrected chi connectivity index (χ2v) is 1.58. The lowest BCUT2D eigenvalue weighted by Crippen LogP contribution is -1.86. The first kappa shape index (κ1) is 5.56. The fraction of sp³-hybridized carbons (Fsp3) is 0.200. The van der Waals surface area contributed by atoms with Crippen LogP contribution in [0.3, 0.4) is 0 Å². The normalized spacial score (nSPS) is 9.12. The van der Waals surface area contributed by atoms with E-state index in [1.54, 1.807) is 12.3 Å². The highest BCUT2D eigenvalue weighted by Gasteiger charge is 1.84. The molecule has 0 aliphatic heterocycles. The van der Waals surface area contributed by atoms with Gasteiger partial charge in [-0.25, -0.2) is 9.97 Å². The van der Waals surface area contributed by atoms with Crippen LogP contribution in [0.25, 0.3) is 0 Å². The number of hydrogen-bond donors (Lipinski definition) is 1. The van der Waals surface area contributed by atoms with Gasteiger partial charge >= 0.3 is 0 Å². The summed E-state index contributed by atoms with van der Waals surface area (Å²) in [6.45, 7) is 0. The highest BCUT2D eigenvalue weighted by atomic mass is 32.1. The molecule has 1 rings (SSSR count). The Labute approximate surface area is 53.4 Å². The standard InChI is InChI=1S/C5H5N2S/c8-4-5-6-2-1-3-7-5/h1-2,8H,4H2. The molecule has 1 aromatic heterocycles. The van der Waals surface area contributed by atoms with E-state index in [0.29, 0.717) is 5.75 Å². The number of nitrogens with zero attached hydrogens (tertiary/aromatic N) is 2. The molecule has 0 aliphatic rings. The molecule has 0 bridgehead atoms. The zero-order valence-electron chi connectivity index (χ0n) is 4.20. The molecular formula is C5H5N2S. The van der Waals surface area contributed by atoms with E-state index in [4.69, 9.17) is 0 Å². The van der Waals surface area contributed by atoms with Gasteiger partial charge in [0.05, 0.1) is 11.9 Å². The minimum atomic E-state index is 0.581. The van der Waals surface area contributed by atoms with E-state index in [9.17, 15) is 0 Å². The van der Waals surface area contributed by atoms with Gasteiger partial charge in [-0.15, -0.1) is 0 Å². The maximum absolute atomic E-state index is 3.97. The molecule has 0 fully saturated rings. The van der Waals surface area contributed by atoms with Crippen molar-refractivity contribution in [3.8, 4) is 0 Å². The van der Waals surface area contributed by atoms with Crippen LogP contribution in [0.2, 0.25) is 0 Å². The second-order valence-electron chi connectivity index (χ2n) is 1.26. The van der Waals surface area contributed by atoms with Crippen LogP contribution in [0.1, 0.15) is 5.82 Å². The molecule has 0 atom stereocenters. The molecule has 0 N–H and O–H groups in total. The van der Waals surface area contributed by atoms with Gasteiger partial charge in [0.25, 0.3) is 0 Å². The van der Waals surface area contributed by atoms with Crippen LogP contribution in [-0.2, 0) is 5.75 Å². The average molecular weight is 125 g/mol. The molecule has 3 heteroatoms. The van der Waals surface area contributed by atoms with Gasteiger partial charge in [0.15, 0.2) is 0 Å². The van der Waals surface area contributed by atoms with Gasteiger partial charge < -0.3 is 0 Å². The monoisotopic (exact) mass is 125 g/mol. The van der Waals surface area contributed by atoms with Crippen LogP contribution in [0.15, 0.2) is 12.3 Å². The van der Waals surface area contributed by atoms with Crippen LogP contribution in [-0.4, -0.2) is 9.97 Å². The summed E-state index contributed by atoms with van der Waals surface area (Å²) in [7, 11) is 0. The van der Waals surface area contributed by atoms with E-state index in [0.717, 1.165) is 5.82 Å². The molecule has 0 aliphatic carbocycles. The summed E-state index contributed by atoms with van der Waals surface area (Å²) >= 11 is 3.97. The first-order valence-electron chi connectivity index (χ1n) is 2.22. The van der Waals surface area contributed by atoms with E-state index >= 15 is 0 Å². The molecule has 1 radical (unpaired) electrons. The van der Waals surface area contributed by atoms with Crippen molar-refractivity contribution in [2.45, 2.75) is 5.75 Å². The van der Waals surface area contributed by atoms with Gasteiger partial charge in [-0.2, -0.15) is 12.6 Å². The molecule has 0 spiro atoms. The predicted octanol–water partition coefficient (Wildman–Crippen LogP) is 0.707. The summed E-state index contributed by atoms with van der Waals surface area (Å²) < 4.78 is 0. The van der Waals surface area contributed by atoms with Crippen molar-refractivity contribution in [3.05, 3.63) is 24.3 Å². The first-order valence-corrected chi connectivity index (χ1v) is 2.85. The Kier molecular flexibility index (Phi) is 1.86. The van der Waals surface area contributed by atoms with Crippen molar-refractivity contribution in [1.82, 2.24) is 9.97 Å². The molecule has 1 aromatic rings. The first-order chi connectivity index (χ1) is 3.93. The van der Waals surface area contributed by atoms with E-state index in [2.05, 4.69) is 28.8 Å². The topological polar surface area (TPSA) is 25.8 Å². The van der Waals surface area contributed by atoms with E-state index in [1.165, 1.54) is 0 Å². The fourth-order valence-corrected chi connectivity index (χ4v) is 0.526. The quantitative estimate of drug-likeness (QED) is 0.559. The van der Waals surface area contributed by atoms with E-state index < -0.39 is 0 Å². The minimum absolute atomic E-state index is 0.581. The third-order valence-electron chi connectivity index (χ3n) is 0.708. The Morgan fingerprint density at radius 2 is 2.62 bits per heavy atom. The summed E-state index contributed by atoms with van der Waals surface area (Å²) in [5.41, 5.74) is 0. The predicted molar refractivity (Wildman–Crippen MR) is 33.6 cm³/mol. The Hall–Kier alpha value is -0.570. The largest absolute Gasteiger partial charge is 0.240 e. The van der Waals surface area contributed by atoms with Crippen LogP contribution < -0.4 is 0 Å². The number of hydrogen-bond acceptors (Lipinski definition) is 3. The van der Waals surface area contributed by atoms with Crippen LogP contribution in [0.5, 0.6) is 0 Å². The van der Waals surface area contributed by atoms with Crippen LogP contribution in [0.4, 0.5) is 0 Å². The van der Waals surface area contributed by atoms with Gasteiger partial charge in [-0.3, -0.25) is 0 Å². The molecule has 1 heterocycles. The van der Waals surface area contributed by atoms with E-state index in [1.807, 2.05) is 0 Å². The van der Waals surface area contributed by atoms with Gasteiger partial charge in [-0.05, 0) is 6.07 Å². The van der Waals surface area contributed by atoms with Crippen molar-refractivity contribution in [2.24, 2.45) is 0 Å². The van der Waals surface area contributed by atoms with Crippen LogP contribution in [0, 0.1) is 6.20 Å². The lowest BCUT2D eigenvalue weighted by molar-refractivity contribution is 1.03. The number of rotatable bonds is 1. The molecule has 0 saturated carbocycles. The van der Waals surface area contributed by atoms with Gasteiger partial charge in [0.1, 0.15) is 5.82 Å². The summed E-state index contributed by atoms with van der Waals surface area (Å²) in [6, 6.07) is 1.66. The number of aromatic nitrogens is 2. The lowest BCUT2D eigenvalue weighted by Gasteiger charge is -1.86. The maximum atomic E-state index is 3.97. The Bertz CT molecular complexity index is 152. The van der Waals surface area contributed by atoms with Crippen molar-refractivity contribution >= 4 is 12.6 Å². The van der Waals surface area contributed by atoms with E-state index in [-0.39, 0.29) is 0 Å². The molecule has 0 saturated heterocycles. The Morgan fingerprint density at radius 3 is 3.00 bits per heavy atom. The minimum Gasteiger partial charge on any atom is -0.240 e. The van der Waals surface area contributed by atoms with Gasteiger partial charge in [-0.1, -0.05) is 0 Å². The average Bonchev–Trinajstić information content (AvgIpc) is 1.90. The highest BCUT2D eigenvalue weighted by molar-refractivity contribution is 7.79. The third-order valence-corrected chi connectivity index (χ3v) is 0.990. The van der Waals surface area contributed by atoms with Crippen molar-refractivity contribution in [2.75, 3.05) is 0 Å². The summed E-state index contributed by atoms with van der Waals surface area (Å²) in [5.74, 6) is 1.30. The lowest BCUT2D eigenvalue weighted by atomic mass is 10.6. The summed E-state index contributed by atoms with van der Waals surface area (Å²) in [6.07, 6.45) is 4.30. The molecule has 8 heavy (non-hydrogen) atoms. The van der Waals surface area contributed by atoms with Crippen molar-refractivity contribution < 1.29 is 0 Å². The van der Waals surface area contributed by atoms with Gasteiger partial charge in [0.2, 0.25) is 0 Å². The summed E-state index contributed by atoms with van der Waals surface area (Å²) in [4.78, 5) is 7.66. The smallest absolute Gasteiger partial charge is 0.138 e. The fourth-order valence-electron chi connectivity index (χ4n) is 0.373. The highest BCUT2D eigenvalue weighted by Crippen LogP contribution is 1.89. The number of thiol groups is 1. The van der Waals surface area contributed by atoms with Crippen molar-refractivity contribution in [1.29, 1.82) is 0 Å². The van der Waals surface area contributed by atoms with Crippen LogP contribution >= 0.6 is 12.6 Å². The maximum Gasteiger partial charge on any atom is 0.138 e. The Morgan fingerprint density at radius 1 is 1.75 bits per heavy atom. The van der Waals surface area contributed by atoms with Crippen molar-refractivity contribution in [3.63, 3.8) is 0 Å². The Balaban J connectivity index is 2.83. The molecule has 41 valence electrons. The zero-order valence-corrected chi connectivity index (χ0v) is 5.10. The summed E-state index contributed by atoms with van der Waals surface area (Å²) in [5, 5.41) is 0. The third kappa shape index (κ3) is 1.20. The molecule has 0 aromatic carbocycles. The van der Waals surface area contributed by atoms with Gasteiger partial charge in [0, 0.05) is 6.20 Å². The zero-order chi connectivity index (χ0) is 5.82. The molecule has 0 amide bonds. The molecule has 2 nitrogen and oxygen atoms in total. The second kappa shape index (κ2) is 2.67. The molecule has 0 unspecified atom stereocenters.